The Labute approximate surface area is 180 Å². The number of rotatable bonds is 6. The van der Waals surface area contributed by atoms with Crippen molar-refractivity contribution >= 4 is 11.6 Å². The van der Waals surface area contributed by atoms with Gasteiger partial charge in [-0.15, -0.1) is 0 Å². The standard InChI is InChI=1S/C22H24ClN3O4/c1-27-18-5-4-15-12-25(6-7-26-14-17(23)11-24-26)13-16-8-21(28-2)22(29-3)10-20(16)30-19(15)9-18/h4-5,8-11,14H,6-7,12-13H2,1-3H3. The van der Waals surface area contributed by atoms with Gasteiger partial charge in [0.25, 0.3) is 0 Å². The smallest absolute Gasteiger partial charge is 0.164 e. The van der Waals surface area contributed by atoms with Crippen molar-refractivity contribution in [3.8, 4) is 28.7 Å². The first-order valence-corrected chi connectivity index (χ1v) is 9.97. The highest BCUT2D eigenvalue weighted by atomic mass is 35.5. The Balaban J connectivity index is 1.70. The van der Waals surface area contributed by atoms with Gasteiger partial charge in [-0.1, -0.05) is 17.7 Å². The van der Waals surface area contributed by atoms with Gasteiger partial charge in [-0.05, 0) is 12.1 Å². The summed E-state index contributed by atoms with van der Waals surface area (Å²) in [5, 5.41) is 4.92. The molecular formula is C22H24ClN3O4. The summed E-state index contributed by atoms with van der Waals surface area (Å²) in [6, 6.07) is 9.74. The molecule has 2 aromatic carbocycles. The van der Waals surface area contributed by atoms with Crippen LogP contribution in [0.1, 0.15) is 11.1 Å². The lowest BCUT2D eigenvalue weighted by Crippen LogP contribution is -2.28. The average Bonchev–Trinajstić information content (AvgIpc) is 3.17. The molecule has 2 heterocycles. The number of hydrogen-bond donors (Lipinski definition) is 0. The fourth-order valence-corrected chi connectivity index (χ4v) is 3.68. The number of fused-ring (bicyclic) bond motifs is 2. The zero-order valence-corrected chi connectivity index (χ0v) is 18.0. The Morgan fingerprint density at radius 3 is 2.37 bits per heavy atom. The number of halogens is 1. The van der Waals surface area contributed by atoms with Gasteiger partial charge < -0.3 is 18.9 Å². The van der Waals surface area contributed by atoms with E-state index in [1.54, 1.807) is 27.5 Å². The van der Waals surface area contributed by atoms with Gasteiger partial charge in [-0.3, -0.25) is 9.58 Å². The fourth-order valence-electron chi connectivity index (χ4n) is 3.53. The Hall–Kier alpha value is -2.90. The number of ether oxygens (including phenoxy) is 4. The lowest BCUT2D eigenvalue weighted by Gasteiger charge is -2.28. The SMILES string of the molecule is COc1ccc2c(c1)Oc1cc(OC)c(OC)cc1CN(CCn1cc(Cl)cn1)C2. The third kappa shape index (κ3) is 4.32. The third-order valence-corrected chi connectivity index (χ3v) is 5.29. The summed E-state index contributed by atoms with van der Waals surface area (Å²) in [7, 11) is 4.90. The predicted octanol–water partition coefficient (Wildman–Crippen LogP) is 4.37. The zero-order valence-electron chi connectivity index (χ0n) is 17.2. The van der Waals surface area contributed by atoms with Crippen LogP contribution in [0.25, 0.3) is 0 Å². The van der Waals surface area contributed by atoms with Crippen molar-refractivity contribution in [3.05, 3.63) is 58.9 Å². The maximum absolute atomic E-state index is 6.30. The van der Waals surface area contributed by atoms with Gasteiger partial charge in [0.05, 0.1) is 39.1 Å². The fraction of sp³-hybridized carbons (Fsp3) is 0.318. The molecule has 0 amide bonds. The van der Waals surface area contributed by atoms with Crippen LogP contribution in [0, 0.1) is 0 Å². The van der Waals surface area contributed by atoms with Gasteiger partial charge in [0.1, 0.15) is 17.2 Å². The first-order valence-electron chi connectivity index (χ1n) is 9.59. The zero-order chi connectivity index (χ0) is 21.1. The van der Waals surface area contributed by atoms with Gasteiger partial charge in [0.15, 0.2) is 11.5 Å². The van der Waals surface area contributed by atoms with Gasteiger partial charge in [-0.25, -0.2) is 0 Å². The van der Waals surface area contributed by atoms with Crippen molar-refractivity contribution < 1.29 is 18.9 Å². The summed E-state index contributed by atoms with van der Waals surface area (Å²) in [4.78, 5) is 2.34. The van der Waals surface area contributed by atoms with E-state index in [0.717, 1.165) is 48.0 Å². The van der Waals surface area contributed by atoms with Crippen LogP contribution < -0.4 is 18.9 Å². The van der Waals surface area contributed by atoms with Gasteiger partial charge in [0, 0.05) is 49.1 Å². The molecule has 7 nitrogen and oxygen atoms in total. The van der Waals surface area contributed by atoms with Gasteiger partial charge in [0.2, 0.25) is 0 Å². The van der Waals surface area contributed by atoms with Crippen LogP contribution in [-0.2, 0) is 19.6 Å². The number of benzene rings is 2. The van der Waals surface area contributed by atoms with Crippen molar-refractivity contribution in [2.75, 3.05) is 27.9 Å². The predicted molar refractivity (Wildman–Crippen MR) is 114 cm³/mol. The van der Waals surface area contributed by atoms with Crippen LogP contribution in [0.2, 0.25) is 5.02 Å². The molecule has 158 valence electrons. The molecule has 0 spiro atoms. The number of aromatic nitrogens is 2. The second-order valence-corrected chi connectivity index (χ2v) is 7.46. The van der Waals surface area contributed by atoms with Crippen molar-refractivity contribution in [2.24, 2.45) is 0 Å². The summed E-state index contributed by atoms with van der Waals surface area (Å²) < 4.78 is 24.5. The molecule has 8 heteroatoms. The van der Waals surface area contributed by atoms with Crippen LogP contribution in [0.5, 0.6) is 28.7 Å². The molecule has 1 aliphatic rings. The largest absolute Gasteiger partial charge is 0.497 e. The number of hydrogen-bond acceptors (Lipinski definition) is 6. The van der Waals surface area contributed by atoms with E-state index in [-0.39, 0.29) is 0 Å². The van der Waals surface area contributed by atoms with E-state index in [1.807, 2.05) is 41.2 Å². The van der Waals surface area contributed by atoms with Crippen molar-refractivity contribution in [3.63, 3.8) is 0 Å². The number of methoxy groups -OCH3 is 3. The van der Waals surface area contributed by atoms with E-state index in [9.17, 15) is 0 Å². The minimum Gasteiger partial charge on any atom is -0.497 e. The summed E-state index contributed by atoms with van der Waals surface area (Å²) in [5.41, 5.74) is 2.09. The maximum Gasteiger partial charge on any atom is 0.164 e. The summed E-state index contributed by atoms with van der Waals surface area (Å²) >= 11 is 6.00. The Morgan fingerprint density at radius 1 is 0.933 bits per heavy atom. The molecule has 4 rings (SSSR count). The number of nitrogens with zero attached hydrogens (tertiary/aromatic N) is 3. The summed E-state index contributed by atoms with van der Waals surface area (Å²) in [5.74, 6) is 3.53. The van der Waals surface area contributed by atoms with E-state index < -0.39 is 0 Å². The average molecular weight is 430 g/mol. The highest BCUT2D eigenvalue weighted by Gasteiger charge is 2.21. The molecule has 30 heavy (non-hydrogen) atoms. The lowest BCUT2D eigenvalue weighted by molar-refractivity contribution is 0.230. The minimum atomic E-state index is 0.624. The molecule has 0 unspecified atom stereocenters. The van der Waals surface area contributed by atoms with E-state index >= 15 is 0 Å². The van der Waals surface area contributed by atoms with Crippen LogP contribution in [-0.4, -0.2) is 42.6 Å². The third-order valence-electron chi connectivity index (χ3n) is 5.10. The van der Waals surface area contributed by atoms with E-state index in [4.69, 9.17) is 30.5 Å². The molecule has 0 radical (unpaired) electrons. The van der Waals surface area contributed by atoms with Crippen LogP contribution >= 0.6 is 11.6 Å². The topological polar surface area (TPSA) is 58.0 Å². The summed E-state index contributed by atoms with van der Waals surface area (Å²) in [6.07, 6.45) is 3.48. The van der Waals surface area contributed by atoms with Gasteiger partial charge in [-0.2, -0.15) is 5.10 Å². The quantitative estimate of drug-likeness (QED) is 0.580. The molecule has 0 N–H and O–H groups in total. The molecule has 1 aromatic heterocycles. The molecule has 0 saturated carbocycles. The Morgan fingerprint density at radius 2 is 1.67 bits per heavy atom. The summed E-state index contributed by atoms with van der Waals surface area (Å²) in [6.45, 7) is 2.93. The monoisotopic (exact) mass is 429 g/mol. The molecule has 0 aliphatic carbocycles. The van der Waals surface area contributed by atoms with Crippen LogP contribution in [0.15, 0.2) is 42.7 Å². The van der Waals surface area contributed by atoms with Crippen LogP contribution in [0.3, 0.4) is 0 Å². The molecule has 0 atom stereocenters. The molecule has 0 bridgehead atoms. The molecule has 3 aromatic rings. The first-order chi connectivity index (χ1) is 14.6. The highest BCUT2D eigenvalue weighted by Crippen LogP contribution is 2.40. The molecule has 1 aliphatic heterocycles. The normalized spacial score (nSPS) is 13.5. The maximum atomic E-state index is 6.30. The van der Waals surface area contributed by atoms with E-state index in [0.29, 0.717) is 23.1 Å². The van der Waals surface area contributed by atoms with E-state index in [1.165, 1.54) is 0 Å². The van der Waals surface area contributed by atoms with Crippen LogP contribution in [0.4, 0.5) is 0 Å². The highest BCUT2D eigenvalue weighted by molar-refractivity contribution is 6.30. The molecule has 0 saturated heterocycles. The molecule has 0 fully saturated rings. The van der Waals surface area contributed by atoms with Crippen molar-refractivity contribution in [2.45, 2.75) is 19.6 Å². The Bertz CT molecular complexity index is 1040. The first kappa shape index (κ1) is 20.4. The second kappa shape index (κ2) is 8.85. The minimum absolute atomic E-state index is 0.624. The second-order valence-electron chi connectivity index (χ2n) is 7.02. The molecular weight excluding hydrogens is 406 g/mol. The van der Waals surface area contributed by atoms with Crippen molar-refractivity contribution in [1.82, 2.24) is 14.7 Å². The van der Waals surface area contributed by atoms with Crippen molar-refractivity contribution in [1.29, 1.82) is 0 Å². The van der Waals surface area contributed by atoms with Gasteiger partial charge >= 0.3 is 0 Å². The Kier molecular flexibility index (Phi) is 6.01. The lowest BCUT2D eigenvalue weighted by atomic mass is 10.1. The van der Waals surface area contributed by atoms with E-state index in [2.05, 4.69) is 10.00 Å².